The summed E-state index contributed by atoms with van der Waals surface area (Å²) in [5.41, 5.74) is 2.51. The topological polar surface area (TPSA) is 33.5 Å². The molecule has 198 valence electrons. The number of para-hydroxylation sites is 1. The van der Waals surface area contributed by atoms with Gasteiger partial charge >= 0.3 is 0 Å². The summed E-state index contributed by atoms with van der Waals surface area (Å²) in [6.07, 6.45) is 5.14. The first-order chi connectivity index (χ1) is 17.5. The van der Waals surface area contributed by atoms with Crippen LogP contribution in [0.1, 0.15) is 52.9 Å². The third-order valence-corrected chi connectivity index (χ3v) is 9.84. The Kier molecular flexibility index (Phi) is 6.04. The Balaban J connectivity index is 1.22. The number of piperidine rings is 1. The Morgan fingerprint density at radius 1 is 1.14 bits per heavy atom. The van der Waals surface area contributed by atoms with E-state index in [4.69, 9.17) is 21.4 Å². The third kappa shape index (κ3) is 4.14. The highest BCUT2D eigenvalue weighted by molar-refractivity contribution is 7.16. The quantitative estimate of drug-likeness (QED) is 0.379. The highest BCUT2D eigenvalue weighted by Gasteiger charge is 2.52. The number of fused-ring (bicyclic) bond motifs is 2. The van der Waals surface area contributed by atoms with Gasteiger partial charge in [-0.15, -0.1) is 11.3 Å². The lowest BCUT2D eigenvalue weighted by molar-refractivity contribution is -0.182. The van der Waals surface area contributed by atoms with E-state index in [9.17, 15) is 8.78 Å². The zero-order valence-electron chi connectivity index (χ0n) is 21.2. The van der Waals surface area contributed by atoms with Gasteiger partial charge in [0.25, 0.3) is 5.92 Å². The number of alkyl halides is 2. The summed E-state index contributed by atoms with van der Waals surface area (Å²) >= 11 is 7.35. The maximum absolute atomic E-state index is 15.2. The largest absolute Gasteiger partial charge is 0.363 e. The van der Waals surface area contributed by atoms with Gasteiger partial charge in [0, 0.05) is 52.9 Å². The summed E-state index contributed by atoms with van der Waals surface area (Å²) in [5.74, 6) is -3.29. The molecule has 4 heterocycles. The maximum Gasteiger partial charge on any atom is 0.297 e. The normalized spacial score (nSPS) is 21.9. The molecule has 0 N–H and O–H groups in total. The van der Waals surface area contributed by atoms with Crippen LogP contribution in [-0.2, 0) is 28.3 Å². The van der Waals surface area contributed by atoms with Crippen molar-refractivity contribution in [2.45, 2.75) is 56.2 Å². The molecule has 0 bridgehead atoms. The molecule has 5 nitrogen and oxygen atoms in total. The van der Waals surface area contributed by atoms with Gasteiger partial charge in [-0.05, 0) is 58.8 Å². The van der Waals surface area contributed by atoms with E-state index in [2.05, 4.69) is 9.80 Å². The van der Waals surface area contributed by atoms with Gasteiger partial charge in [-0.25, -0.2) is 9.07 Å². The number of likely N-dealkylation sites (tertiary alicyclic amines) is 1. The number of nitrogens with zero attached hydrogens (tertiary/aromatic N) is 4. The maximum atomic E-state index is 15.2. The molecule has 1 spiro atoms. The van der Waals surface area contributed by atoms with Gasteiger partial charge in [-0.3, -0.25) is 9.80 Å². The zero-order valence-corrected chi connectivity index (χ0v) is 22.7. The molecule has 2 aromatic heterocycles. The fourth-order valence-corrected chi connectivity index (χ4v) is 7.47. The summed E-state index contributed by atoms with van der Waals surface area (Å²) < 4.78 is 52.0. The Hall–Kier alpha value is -1.91. The first-order valence-corrected chi connectivity index (χ1v) is 13.8. The summed E-state index contributed by atoms with van der Waals surface area (Å²) in [5, 5.41) is 4.71. The molecule has 1 aromatic carbocycles. The van der Waals surface area contributed by atoms with E-state index in [1.165, 1.54) is 23.5 Å². The van der Waals surface area contributed by atoms with E-state index in [0.717, 1.165) is 29.7 Å². The van der Waals surface area contributed by atoms with Gasteiger partial charge in [0.15, 0.2) is 0 Å². The van der Waals surface area contributed by atoms with Gasteiger partial charge in [0.2, 0.25) is 0 Å². The number of aromatic nitrogens is 2. The molecule has 37 heavy (non-hydrogen) atoms. The summed E-state index contributed by atoms with van der Waals surface area (Å²) in [4.78, 5) is 5.02. The second-order valence-corrected chi connectivity index (χ2v) is 12.5. The molecule has 0 amide bonds. The van der Waals surface area contributed by atoms with Crippen molar-refractivity contribution in [3.05, 3.63) is 67.9 Å². The predicted octanol–water partition coefficient (Wildman–Crippen LogP) is 6.20. The smallest absolute Gasteiger partial charge is 0.297 e. The minimum atomic E-state index is -3.01. The lowest BCUT2D eigenvalue weighted by atomic mass is 9.84. The molecule has 0 radical (unpaired) electrons. The molecule has 3 aliphatic rings. The van der Waals surface area contributed by atoms with Crippen molar-refractivity contribution >= 4 is 22.9 Å². The predicted molar refractivity (Wildman–Crippen MR) is 138 cm³/mol. The van der Waals surface area contributed by atoms with Crippen molar-refractivity contribution in [2.75, 3.05) is 33.8 Å². The van der Waals surface area contributed by atoms with Crippen LogP contribution in [0, 0.1) is 12.7 Å². The Morgan fingerprint density at radius 3 is 2.54 bits per heavy atom. The van der Waals surface area contributed by atoms with E-state index >= 15 is 4.39 Å². The van der Waals surface area contributed by atoms with Gasteiger partial charge in [0.05, 0.1) is 10.0 Å². The van der Waals surface area contributed by atoms with Crippen LogP contribution in [0.3, 0.4) is 0 Å². The van der Waals surface area contributed by atoms with Crippen LogP contribution < -0.4 is 0 Å². The molecule has 0 atom stereocenters. The van der Waals surface area contributed by atoms with E-state index in [-0.39, 0.29) is 16.9 Å². The SMILES string of the molecule is Cc1nn(-c2c(F)cccc2C2(N(C)C)CC2)cc1CN1CCC2(CC1)OCC(F)(F)c1cc(Cl)sc12. The molecule has 1 saturated carbocycles. The fourth-order valence-electron chi connectivity index (χ4n) is 5.99. The van der Waals surface area contributed by atoms with Gasteiger partial charge < -0.3 is 4.74 Å². The van der Waals surface area contributed by atoms with Crippen LogP contribution in [0.2, 0.25) is 4.34 Å². The molecule has 1 saturated heterocycles. The Morgan fingerprint density at radius 2 is 1.86 bits per heavy atom. The van der Waals surface area contributed by atoms with Crippen molar-refractivity contribution in [2.24, 2.45) is 0 Å². The Bertz CT molecular complexity index is 1340. The minimum absolute atomic E-state index is 0.0196. The van der Waals surface area contributed by atoms with Gasteiger partial charge in [-0.1, -0.05) is 23.7 Å². The van der Waals surface area contributed by atoms with Crippen LogP contribution in [0.5, 0.6) is 0 Å². The number of hydrogen-bond donors (Lipinski definition) is 0. The van der Waals surface area contributed by atoms with Gasteiger partial charge in [0.1, 0.15) is 23.7 Å². The number of hydrogen-bond acceptors (Lipinski definition) is 5. The molecular weight excluding hydrogens is 521 g/mol. The van der Waals surface area contributed by atoms with E-state index in [1.807, 2.05) is 33.3 Å². The van der Waals surface area contributed by atoms with Crippen molar-refractivity contribution < 1.29 is 17.9 Å². The van der Waals surface area contributed by atoms with Crippen molar-refractivity contribution in [3.63, 3.8) is 0 Å². The van der Waals surface area contributed by atoms with Crippen LogP contribution in [0.4, 0.5) is 13.2 Å². The van der Waals surface area contributed by atoms with Crippen molar-refractivity contribution in [1.82, 2.24) is 19.6 Å². The molecule has 2 aliphatic heterocycles. The minimum Gasteiger partial charge on any atom is -0.363 e. The number of halogens is 4. The highest BCUT2D eigenvalue weighted by atomic mass is 35.5. The summed E-state index contributed by atoms with van der Waals surface area (Å²) in [6.45, 7) is 3.37. The number of thiophene rings is 1. The van der Waals surface area contributed by atoms with E-state index < -0.39 is 18.1 Å². The second-order valence-electron chi connectivity index (χ2n) is 10.8. The van der Waals surface area contributed by atoms with Crippen molar-refractivity contribution in [3.8, 4) is 5.69 Å². The van der Waals surface area contributed by atoms with E-state index in [0.29, 0.717) is 47.4 Å². The summed E-state index contributed by atoms with van der Waals surface area (Å²) in [6, 6.07) is 6.66. The first kappa shape index (κ1) is 25.4. The second kappa shape index (κ2) is 8.81. The number of benzene rings is 1. The average Bonchev–Trinajstić information content (AvgIpc) is 3.45. The molecule has 6 rings (SSSR count). The molecule has 10 heteroatoms. The number of aryl methyl sites for hydroxylation is 1. The van der Waals surface area contributed by atoms with Crippen LogP contribution in [0.25, 0.3) is 5.69 Å². The van der Waals surface area contributed by atoms with Crippen LogP contribution in [-0.4, -0.2) is 53.4 Å². The molecule has 2 fully saturated rings. The van der Waals surface area contributed by atoms with E-state index in [1.54, 1.807) is 10.7 Å². The molecule has 0 unspecified atom stereocenters. The highest BCUT2D eigenvalue weighted by Crippen LogP contribution is 2.53. The standard InChI is InChI=1S/C27H30ClF3N4OS/c1-17-18(15-35(32-17)23-19(5-4-6-21(23)29)25(7-8-25)33(2)3)14-34-11-9-26(10-12-34)24-20(13-22(28)37-24)27(30,31)16-36-26/h4-6,13,15H,7-12,14,16H2,1-3H3. The zero-order chi connectivity index (χ0) is 26.2. The lowest BCUT2D eigenvalue weighted by Crippen LogP contribution is -2.48. The monoisotopic (exact) mass is 550 g/mol. The van der Waals surface area contributed by atoms with Gasteiger partial charge in [-0.2, -0.15) is 13.9 Å². The number of ether oxygens (including phenoxy) is 1. The van der Waals surface area contributed by atoms with Crippen LogP contribution in [0.15, 0.2) is 30.5 Å². The first-order valence-electron chi connectivity index (χ1n) is 12.6. The molecule has 3 aromatic rings. The Labute approximate surface area is 223 Å². The summed E-state index contributed by atoms with van der Waals surface area (Å²) in [7, 11) is 4.07. The number of rotatable bonds is 5. The molecular formula is C27H30ClF3N4OS. The molecule has 1 aliphatic carbocycles. The van der Waals surface area contributed by atoms with Crippen molar-refractivity contribution in [1.29, 1.82) is 0 Å². The third-order valence-electron chi connectivity index (χ3n) is 8.39. The van der Waals surface area contributed by atoms with Crippen LogP contribution >= 0.6 is 22.9 Å². The average molecular weight is 551 g/mol. The lowest BCUT2D eigenvalue weighted by Gasteiger charge is -2.45. The fraction of sp³-hybridized carbons (Fsp3) is 0.519.